The van der Waals surface area contributed by atoms with Crippen LogP contribution in [-0.4, -0.2) is 102 Å². The van der Waals surface area contributed by atoms with Gasteiger partial charge in [0.25, 0.3) is 0 Å². The Balaban J connectivity index is 1.67. The molecule has 0 unspecified atom stereocenters. The molecular formula is C29H44N2O9. The zero-order chi connectivity index (χ0) is 28.9. The number of likely N-dealkylation sites (tertiary alicyclic amines) is 1. The number of nitrogens with zero attached hydrogens (tertiary/aromatic N) is 2. The van der Waals surface area contributed by atoms with Crippen LogP contribution in [0.5, 0.6) is 11.5 Å². The van der Waals surface area contributed by atoms with Crippen LogP contribution in [0.3, 0.4) is 0 Å². The molecule has 11 heteroatoms. The second-order valence-corrected chi connectivity index (χ2v) is 11.6. The second-order valence-electron chi connectivity index (χ2n) is 11.6. The highest BCUT2D eigenvalue weighted by molar-refractivity contribution is 5.79. The van der Waals surface area contributed by atoms with Crippen LogP contribution in [0.1, 0.15) is 63.5 Å². The molecule has 1 amide bonds. The Morgan fingerprint density at radius 2 is 1.82 bits per heavy atom. The zero-order valence-corrected chi connectivity index (χ0v) is 23.8. The molecule has 1 aromatic carbocycles. The molecule has 3 atom stereocenters. The molecular weight excluding hydrogens is 520 g/mol. The lowest BCUT2D eigenvalue weighted by Gasteiger charge is -2.37. The first-order valence-corrected chi connectivity index (χ1v) is 14.3. The van der Waals surface area contributed by atoms with Gasteiger partial charge in [-0.2, -0.15) is 0 Å². The first-order valence-electron chi connectivity index (χ1n) is 14.3. The maximum atomic E-state index is 13.6. The van der Waals surface area contributed by atoms with Crippen LogP contribution >= 0.6 is 0 Å². The summed E-state index contributed by atoms with van der Waals surface area (Å²) in [5.74, 6) is -1.32. The third-order valence-corrected chi connectivity index (χ3v) is 8.26. The van der Waals surface area contributed by atoms with Crippen molar-refractivity contribution in [1.29, 1.82) is 0 Å². The van der Waals surface area contributed by atoms with E-state index in [1.807, 2.05) is 18.7 Å². The summed E-state index contributed by atoms with van der Waals surface area (Å²) < 4.78 is 22.7. The fourth-order valence-electron chi connectivity index (χ4n) is 6.21. The molecule has 0 spiro atoms. The quantitative estimate of drug-likeness (QED) is 0.308. The van der Waals surface area contributed by atoms with Crippen LogP contribution in [-0.2, 0) is 25.7 Å². The lowest BCUT2D eigenvalue weighted by atomic mass is 9.77. The van der Waals surface area contributed by atoms with Crippen molar-refractivity contribution in [3.63, 3.8) is 0 Å². The molecule has 3 aliphatic heterocycles. The summed E-state index contributed by atoms with van der Waals surface area (Å²) in [4.78, 5) is 30.3. The maximum absolute atomic E-state index is 13.6. The molecule has 3 N–H and O–H groups in total. The Hall–Kier alpha value is -2.44. The van der Waals surface area contributed by atoms with Gasteiger partial charge in [0.1, 0.15) is 0 Å². The van der Waals surface area contributed by atoms with Gasteiger partial charge in [-0.1, -0.05) is 27.2 Å². The number of carbonyl (C=O) groups excluding carboxylic acids is 1. The summed E-state index contributed by atoms with van der Waals surface area (Å²) in [6, 6.07) is 3.12. The number of aliphatic hydroxyl groups is 2. The lowest BCUT2D eigenvalue weighted by Crippen LogP contribution is -2.47. The van der Waals surface area contributed by atoms with Gasteiger partial charge in [-0.3, -0.25) is 14.5 Å². The van der Waals surface area contributed by atoms with E-state index < -0.39 is 35.6 Å². The maximum Gasteiger partial charge on any atom is 0.308 e. The molecule has 3 aliphatic rings. The van der Waals surface area contributed by atoms with Gasteiger partial charge in [0, 0.05) is 49.2 Å². The molecule has 224 valence electrons. The van der Waals surface area contributed by atoms with Crippen LogP contribution in [0, 0.1) is 11.3 Å². The average molecular weight is 565 g/mol. The van der Waals surface area contributed by atoms with Crippen molar-refractivity contribution in [1.82, 2.24) is 9.80 Å². The highest BCUT2D eigenvalue weighted by atomic mass is 16.7. The third kappa shape index (κ3) is 6.71. The number of benzene rings is 1. The monoisotopic (exact) mass is 564 g/mol. The fourth-order valence-corrected chi connectivity index (χ4v) is 6.21. The van der Waals surface area contributed by atoms with E-state index >= 15 is 0 Å². The van der Waals surface area contributed by atoms with Crippen LogP contribution in [0.2, 0.25) is 0 Å². The molecule has 1 aromatic rings. The van der Waals surface area contributed by atoms with Crippen molar-refractivity contribution in [3.05, 3.63) is 23.3 Å². The Morgan fingerprint density at radius 3 is 2.48 bits per heavy atom. The topological polar surface area (TPSA) is 138 Å². The smallest absolute Gasteiger partial charge is 0.308 e. The fraction of sp³-hybridized carbons (Fsp3) is 0.724. The minimum Gasteiger partial charge on any atom is -0.481 e. The predicted octanol–water partition coefficient (Wildman–Crippen LogP) is 2.18. The van der Waals surface area contributed by atoms with E-state index in [0.29, 0.717) is 62.8 Å². The number of carboxylic acid groups (broad SMARTS) is 1. The Bertz CT molecular complexity index is 1020. The van der Waals surface area contributed by atoms with E-state index in [0.717, 1.165) is 18.4 Å². The summed E-state index contributed by atoms with van der Waals surface area (Å²) in [6.07, 6.45) is 2.26. The van der Waals surface area contributed by atoms with Crippen LogP contribution in [0.25, 0.3) is 0 Å². The van der Waals surface area contributed by atoms with Crippen LogP contribution in [0.15, 0.2) is 12.1 Å². The summed E-state index contributed by atoms with van der Waals surface area (Å²) in [5.41, 5.74) is 0.771. The van der Waals surface area contributed by atoms with Crippen molar-refractivity contribution >= 4 is 11.9 Å². The Kier molecular flexibility index (Phi) is 10.3. The molecule has 2 saturated heterocycles. The second kappa shape index (κ2) is 13.5. The first kappa shape index (κ1) is 30.5. The van der Waals surface area contributed by atoms with E-state index in [9.17, 15) is 24.9 Å². The number of unbranched alkanes of at least 4 members (excludes halogenated alkanes) is 1. The van der Waals surface area contributed by atoms with E-state index in [1.165, 1.54) is 0 Å². The van der Waals surface area contributed by atoms with Gasteiger partial charge < -0.3 is 39.2 Å². The standard InChI is InChI=1S/C29H44N2O9/c1-4-5-7-30(8-6-9-32)24(34)16-31-15-21(19-12-20(17-33)26-23(13-19)39-18-40-26)25(27(35)36)22(31)14-29(2,3)28-37-10-11-38-28/h12-13,21-22,25,28,32-33H,4-11,14-18H2,1-3H3,(H,35,36)/t21-,22+,25-/m1/s1. The molecule has 3 heterocycles. The minimum absolute atomic E-state index is 0.00170. The van der Waals surface area contributed by atoms with Crippen molar-refractivity contribution in [2.75, 3.05) is 52.8 Å². The average Bonchev–Trinajstić information content (AvgIpc) is 3.69. The predicted molar refractivity (Wildman–Crippen MR) is 145 cm³/mol. The molecule has 4 rings (SSSR count). The summed E-state index contributed by atoms with van der Waals surface area (Å²) in [7, 11) is 0. The first-order chi connectivity index (χ1) is 19.2. The summed E-state index contributed by atoms with van der Waals surface area (Å²) in [5, 5.41) is 29.9. The third-order valence-electron chi connectivity index (χ3n) is 8.26. The van der Waals surface area contributed by atoms with Gasteiger partial charge in [0.2, 0.25) is 12.7 Å². The van der Waals surface area contributed by atoms with Gasteiger partial charge in [-0.25, -0.2) is 0 Å². The number of aliphatic hydroxyl groups excluding tert-OH is 2. The Labute approximate surface area is 235 Å². The van der Waals surface area contributed by atoms with Gasteiger partial charge in [0.15, 0.2) is 17.8 Å². The SMILES string of the molecule is CCCCN(CCCO)C(=O)CN1C[C@H](c2cc(CO)c3c(c2)OCO3)[C@@H](C(=O)O)[C@@H]1CC(C)(C)C1OCCO1. The molecule has 0 saturated carbocycles. The Morgan fingerprint density at radius 1 is 1.10 bits per heavy atom. The number of fused-ring (bicyclic) bond motifs is 1. The number of hydrogen-bond acceptors (Lipinski definition) is 9. The largest absolute Gasteiger partial charge is 0.481 e. The van der Waals surface area contributed by atoms with Crippen LogP contribution < -0.4 is 9.47 Å². The normalized spacial score (nSPS) is 23.2. The number of carboxylic acids is 1. The molecule has 40 heavy (non-hydrogen) atoms. The van der Waals surface area contributed by atoms with Crippen molar-refractivity contribution in [2.24, 2.45) is 11.3 Å². The molecule has 0 aliphatic carbocycles. The van der Waals surface area contributed by atoms with Crippen molar-refractivity contribution in [2.45, 2.75) is 71.3 Å². The van der Waals surface area contributed by atoms with E-state index in [-0.39, 0.29) is 32.5 Å². The van der Waals surface area contributed by atoms with E-state index in [2.05, 4.69) is 6.92 Å². The van der Waals surface area contributed by atoms with Gasteiger partial charge >= 0.3 is 5.97 Å². The molecule has 0 aromatic heterocycles. The zero-order valence-electron chi connectivity index (χ0n) is 23.8. The van der Waals surface area contributed by atoms with Crippen molar-refractivity contribution in [3.8, 4) is 11.5 Å². The number of hydrogen-bond donors (Lipinski definition) is 3. The highest BCUT2D eigenvalue weighted by Gasteiger charge is 2.51. The number of ether oxygens (including phenoxy) is 4. The van der Waals surface area contributed by atoms with Crippen LogP contribution in [0.4, 0.5) is 0 Å². The number of carbonyl (C=O) groups is 2. The molecule has 0 bridgehead atoms. The highest BCUT2D eigenvalue weighted by Crippen LogP contribution is 2.47. The summed E-state index contributed by atoms with van der Waals surface area (Å²) >= 11 is 0. The van der Waals surface area contributed by atoms with Gasteiger partial charge in [-0.05, 0) is 37.0 Å². The minimum atomic E-state index is -0.944. The lowest BCUT2D eigenvalue weighted by molar-refractivity contribution is -0.148. The molecule has 2 fully saturated rings. The molecule has 11 nitrogen and oxygen atoms in total. The molecule has 0 radical (unpaired) electrons. The van der Waals surface area contributed by atoms with E-state index in [1.54, 1.807) is 17.0 Å². The van der Waals surface area contributed by atoms with Gasteiger partial charge in [-0.15, -0.1) is 0 Å². The van der Waals surface area contributed by atoms with E-state index in [4.69, 9.17) is 18.9 Å². The number of rotatable bonds is 14. The number of amides is 1. The summed E-state index contributed by atoms with van der Waals surface area (Å²) in [6.45, 7) is 8.30. The van der Waals surface area contributed by atoms with Gasteiger partial charge in [0.05, 0.1) is 32.3 Å². The van der Waals surface area contributed by atoms with Crippen molar-refractivity contribution < 1.29 is 43.9 Å². The number of aliphatic carboxylic acids is 1.